The molecule has 4 atom stereocenters. The molecule has 1 saturated carbocycles. The molecular weight excluding hydrogens is 280 g/mol. The summed E-state index contributed by atoms with van der Waals surface area (Å²) >= 11 is 0. The molecule has 0 spiro atoms. The molecule has 21 heavy (non-hydrogen) atoms. The van der Waals surface area contributed by atoms with Crippen LogP contribution in [-0.4, -0.2) is 27.0 Å². The molecule has 4 unspecified atom stereocenters. The van der Waals surface area contributed by atoms with Crippen molar-refractivity contribution in [1.29, 1.82) is 0 Å². The first-order chi connectivity index (χ1) is 9.60. The zero-order valence-corrected chi connectivity index (χ0v) is 15.5. The highest BCUT2D eigenvalue weighted by atomic mass is 28.4. The molecule has 0 aromatic carbocycles. The molecule has 0 aromatic rings. The number of ether oxygens (including phenoxy) is 1. The monoisotopic (exact) mass is 310 g/mol. The van der Waals surface area contributed by atoms with Crippen LogP contribution >= 0.6 is 0 Å². The third-order valence-corrected chi connectivity index (χ3v) is 10.3. The van der Waals surface area contributed by atoms with Crippen LogP contribution in [0.2, 0.25) is 18.1 Å². The highest BCUT2D eigenvalue weighted by Gasteiger charge is 2.67. The molecule has 0 saturated heterocycles. The SMILES string of the molecule is CCOC(=O)C1C2C=CC2(CC)C1O[Si](C)(C)C(C)(C)C. The van der Waals surface area contributed by atoms with Gasteiger partial charge in [0.05, 0.1) is 18.6 Å². The van der Waals surface area contributed by atoms with E-state index in [1.165, 1.54) is 0 Å². The van der Waals surface area contributed by atoms with Crippen molar-refractivity contribution in [3.8, 4) is 0 Å². The maximum absolute atomic E-state index is 12.3. The van der Waals surface area contributed by atoms with E-state index in [0.717, 1.165) is 6.42 Å². The van der Waals surface area contributed by atoms with Crippen LogP contribution in [-0.2, 0) is 14.0 Å². The van der Waals surface area contributed by atoms with E-state index >= 15 is 0 Å². The van der Waals surface area contributed by atoms with Crippen LogP contribution in [0.1, 0.15) is 41.0 Å². The van der Waals surface area contributed by atoms with Crippen LogP contribution < -0.4 is 0 Å². The van der Waals surface area contributed by atoms with Crippen molar-refractivity contribution in [2.75, 3.05) is 6.61 Å². The van der Waals surface area contributed by atoms with Crippen LogP contribution in [0.15, 0.2) is 12.2 Å². The van der Waals surface area contributed by atoms with E-state index < -0.39 is 8.32 Å². The van der Waals surface area contributed by atoms with Gasteiger partial charge in [-0.25, -0.2) is 0 Å². The molecule has 3 nitrogen and oxygen atoms in total. The number of fused-ring (bicyclic) bond motifs is 1. The largest absolute Gasteiger partial charge is 0.466 e. The summed E-state index contributed by atoms with van der Waals surface area (Å²) in [6.07, 6.45) is 5.45. The quantitative estimate of drug-likeness (QED) is 0.435. The summed E-state index contributed by atoms with van der Waals surface area (Å²) in [6.45, 7) is 15.7. The summed E-state index contributed by atoms with van der Waals surface area (Å²) in [6, 6.07) is 0. The molecule has 2 aliphatic carbocycles. The number of rotatable bonds is 5. The van der Waals surface area contributed by atoms with Crippen molar-refractivity contribution < 1.29 is 14.0 Å². The van der Waals surface area contributed by atoms with Gasteiger partial charge in [-0.3, -0.25) is 4.79 Å². The number of hydrogen-bond donors (Lipinski definition) is 0. The van der Waals surface area contributed by atoms with Crippen LogP contribution in [0, 0.1) is 17.3 Å². The third-order valence-electron chi connectivity index (χ3n) is 5.88. The summed E-state index contributed by atoms with van der Waals surface area (Å²) in [4.78, 5) is 12.3. The Morgan fingerprint density at radius 3 is 2.29 bits per heavy atom. The first kappa shape index (κ1) is 16.8. The van der Waals surface area contributed by atoms with Gasteiger partial charge >= 0.3 is 5.97 Å². The highest BCUT2D eigenvalue weighted by Crippen LogP contribution is 2.63. The van der Waals surface area contributed by atoms with Crippen molar-refractivity contribution in [3.63, 3.8) is 0 Å². The predicted octanol–water partition coefficient (Wildman–Crippen LogP) is 4.15. The fourth-order valence-electron chi connectivity index (χ4n) is 3.34. The van der Waals surface area contributed by atoms with E-state index in [4.69, 9.17) is 9.16 Å². The van der Waals surface area contributed by atoms with Gasteiger partial charge in [0.2, 0.25) is 0 Å². The van der Waals surface area contributed by atoms with Crippen molar-refractivity contribution in [2.24, 2.45) is 17.3 Å². The molecule has 2 aliphatic rings. The topological polar surface area (TPSA) is 35.5 Å². The average molecular weight is 311 g/mol. The second-order valence-electron chi connectivity index (χ2n) is 7.93. The lowest BCUT2D eigenvalue weighted by atomic mass is 9.44. The first-order valence-electron chi connectivity index (χ1n) is 8.14. The fraction of sp³-hybridized carbons (Fsp3) is 0.824. The minimum absolute atomic E-state index is 0.00237. The Morgan fingerprint density at radius 2 is 1.90 bits per heavy atom. The van der Waals surface area contributed by atoms with E-state index in [2.05, 4.69) is 52.9 Å². The summed E-state index contributed by atoms with van der Waals surface area (Å²) in [5.41, 5.74) is 0.0763. The second kappa shape index (κ2) is 5.23. The number of esters is 1. The second-order valence-corrected chi connectivity index (χ2v) is 12.7. The lowest BCUT2D eigenvalue weighted by Crippen LogP contribution is -2.69. The third kappa shape index (κ3) is 2.40. The lowest BCUT2D eigenvalue weighted by molar-refractivity contribution is -0.187. The van der Waals surface area contributed by atoms with Crippen LogP contribution in [0.3, 0.4) is 0 Å². The Hall–Kier alpha value is -0.613. The summed E-state index contributed by atoms with van der Waals surface area (Å²) in [7, 11) is -1.89. The van der Waals surface area contributed by atoms with Gasteiger partial charge in [-0.05, 0) is 31.5 Å². The zero-order valence-electron chi connectivity index (χ0n) is 14.5. The molecular formula is C17H30O3Si. The van der Waals surface area contributed by atoms with Gasteiger partial charge in [0, 0.05) is 11.3 Å². The standard InChI is InChI=1S/C17H30O3Si/c1-8-17-11-10-12(17)13(15(18)19-9-2)14(17)20-21(6,7)16(3,4)5/h10-14H,8-9H2,1-7H3. The Morgan fingerprint density at radius 1 is 1.29 bits per heavy atom. The van der Waals surface area contributed by atoms with Crippen molar-refractivity contribution in [3.05, 3.63) is 12.2 Å². The summed E-state index contributed by atoms with van der Waals surface area (Å²) in [5.74, 6) is 0.125. The molecule has 0 aromatic heterocycles. The van der Waals surface area contributed by atoms with E-state index in [-0.39, 0.29) is 28.4 Å². The minimum atomic E-state index is -1.89. The van der Waals surface area contributed by atoms with Gasteiger partial charge in [0.25, 0.3) is 0 Å². The van der Waals surface area contributed by atoms with E-state index in [1.807, 2.05) is 6.92 Å². The van der Waals surface area contributed by atoms with Gasteiger partial charge < -0.3 is 9.16 Å². The van der Waals surface area contributed by atoms with Crippen LogP contribution in [0.25, 0.3) is 0 Å². The zero-order chi connectivity index (χ0) is 16.1. The minimum Gasteiger partial charge on any atom is -0.466 e. The van der Waals surface area contributed by atoms with Gasteiger partial charge in [-0.2, -0.15) is 0 Å². The Kier molecular flexibility index (Phi) is 4.18. The lowest BCUT2D eigenvalue weighted by Gasteiger charge is -2.64. The molecule has 2 rings (SSSR count). The molecule has 0 heterocycles. The summed E-state index contributed by atoms with van der Waals surface area (Å²) < 4.78 is 11.9. The number of carbonyl (C=O) groups is 1. The molecule has 0 amide bonds. The molecule has 120 valence electrons. The van der Waals surface area contributed by atoms with Gasteiger partial charge in [0.15, 0.2) is 8.32 Å². The number of carbonyl (C=O) groups excluding carboxylic acids is 1. The Bertz CT molecular complexity index is 449. The van der Waals surface area contributed by atoms with Gasteiger partial charge in [0.1, 0.15) is 0 Å². The maximum atomic E-state index is 12.3. The first-order valence-corrected chi connectivity index (χ1v) is 11.1. The van der Waals surface area contributed by atoms with Gasteiger partial charge in [-0.15, -0.1) is 0 Å². The summed E-state index contributed by atoms with van der Waals surface area (Å²) in [5, 5.41) is 0.152. The number of hydrogen-bond acceptors (Lipinski definition) is 3. The predicted molar refractivity (Wildman–Crippen MR) is 87.5 cm³/mol. The van der Waals surface area contributed by atoms with Gasteiger partial charge in [-0.1, -0.05) is 39.8 Å². The Balaban J connectivity index is 2.22. The Labute approximate surface area is 130 Å². The van der Waals surface area contributed by atoms with E-state index in [9.17, 15) is 4.79 Å². The van der Waals surface area contributed by atoms with E-state index in [1.54, 1.807) is 0 Å². The highest BCUT2D eigenvalue weighted by molar-refractivity contribution is 6.74. The molecule has 0 N–H and O–H groups in total. The fourth-order valence-corrected chi connectivity index (χ4v) is 4.69. The smallest absolute Gasteiger partial charge is 0.312 e. The van der Waals surface area contributed by atoms with Crippen LogP contribution in [0.4, 0.5) is 0 Å². The average Bonchev–Trinajstić information content (AvgIpc) is 2.33. The maximum Gasteiger partial charge on any atom is 0.312 e. The van der Waals surface area contributed by atoms with Crippen molar-refractivity contribution in [2.45, 2.75) is 65.3 Å². The van der Waals surface area contributed by atoms with Crippen molar-refractivity contribution in [1.82, 2.24) is 0 Å². The molecule has 4 heteroatoms. The number of allylic oxidation sites excluding steroid dienone is 1. The molecule has 0 aliphatic heterocycles. The molecule has 1 fully saturated rings. The molecule has 0 bridgehead atoms. The van der Waals surface area contributed by atoms with E-state index in [0.29, 0.717) is 12.5 Å². The van der Waals surface area contributed by atoms with Crippen molar-refractivity contribution >= 4 is 14.3 Å². The molecule has 0 radical (unpaired) electrons. The normalized spacial score (nSPS) is 34.7. The van der Waals surface area contributed by atoms with Crippen LogP contribution in [0.5, 0.6) is 0 Å².